The quantitative estimate of drug-likeness (QED) is 0.780. The molecule has 3 rings (SSSR count). The smallest absolute Gasteiger partial charge is 0.163 e. The molecule has 6 heteroatoms. The summed E-state index contributed by atoms with van der Waals surface area (Å²) in [4.78, 5) is 0. The topological polar surface area (TPSA) is 83.8 Å². The number of aryl methyl sites for hydroxylation is 1. The second kappa shape index (κ2) is 6.84. The molecule has 0 saturated carbocycles. The van der Waals surface area contributed by atoms with Crippen molar-refractivity contribution in [3.05, 3.63) is 59.3 Å². The molecule has 0 radical (unpaired) electrons. The van der Waals surface area contributed by atoms with E-state index in [4.69, 9.17) is 14.7 Å². The van der Waals surface area contributed by atoms with E-state index >= 15 is 0 Å². The van der Waals surface area contributed by atoms with E-state index in [1.165, 1.54) is 0 Å². The molecule has 0 saturated heterocycles. The molecule has 120 valence electrons. The summed E-state index contributed by atoms with van der Waals surface area (Å²) < 4.78 is 11.1. The van der Waals surface area contributed by atoms with Gasteiger partial charge in [0.2, 0.25) is 0 Å². The van der Waals surface area contributed by atoms with Crippen molar-refractivity contribution in [1.29, 1.82) is 5.26 Å². The average molecular weight is 320 g/mol. The normalized spacial score (nSPS) is 10.2. The van der Waals surface area contributed by atoms with Crippen LogP contribution in [0.1, 0.15) is 16.8 Å². The molecule has 0 atom stereocenters. The number of nitrogens with zero attached hydrogens (tertiary/aromatic N) is 3. The number of benzene rings is 2. The molecule has 0 fully saturated rings. The fourth-order valence-corrected chi connectivity index (χ4v) is 2.40. The molecule has 0 aliphatic rings. The predicted molar refractivity (Wildman–Crippen MR) is 88.6 cm³/mol. The molecule has 3 aromatic rings. The van der Waals surface area contributed by atoms with Gasteiger partial charge in [-0.2, -0.15) is 5.26 Å². The maximum Gasteiger partial charge on any atom is 0.163 e. The summed E-state index contributed by atoms with van der Waals surface area (Å²) in [5, 5.41) is 19.4. The fraction of sp³-hybridized carbons (Fsp3) is 0.167. The second-order valence-corrected chi connectivity index (χ2v) is 5.32. The van der Waals surface area contributed by atoms with Crippen LogP contribution >= 0.6 is 0 Å². The molecular formula is C18H16N4O2. The van der Waals surface area contributed by atoms with Crippen molar-refractivity contribution >= 4 is 0 Å². The SMILES string of the molecule is COc1cccc(COc2cc(C)cc(-c3nn[nH]c3C#N)c2)c1. The Kier molecular flexibility index (Phi) is 4.43. The molecule has 0 unspecified atom stereocenters. The van der Waals surface area contributed by atoms with Gasteiger partial charge in [0.1, 0.15) is 29.9 Å². The van der Waals surface area contributed by atoms with Crippen molar-refractivity contribution in [1.82, 2.24) is 15.4 Å². The Morgan fingerprint density at radius 1 is 1.17 bits per heavy atom. The lowest BCUT2D eigenvalue weighted by Gasteiger charge is -2.10. The number of aromatic amines is 1. The Balaban J connectivity index is 1.83. The third-order valence-corrected chi connectivity index (χ3v) is 3.52. The lowest BCUT2D eigenvalue weighted by Crippen LogP contribution is -1.97. The van der Waals surface area contributed by atoms with Crippen LogP contribution in [0.3, 0.4) is 0 Å². The van der Waals surface area contributed by atoms with Gasteiger partial charge in [-0.15, -0.1) is 5.10 Å². The first-order valence-corrected chi connectivity index (χ1v) is 7.38. The zero-order chi connectivity index (χ0) is 16.9. The first-order chi connectivity index (χ1) is 11.7. The third kappa shape index (κ3) is 3.36. The summed E-state index contributed by atoms with van der Waals surface area (Å²) in [7, 11) is 1.64. The van der Waals surface area contributed by atoms with Crippen molar-refractivity contribution in [3.8, 4) is 28.8 Å². The molecule has 0 bridgehead atoms. The average Bonchev–Trinajstić information content (AvgIpc) is 3.08. The monoisotopic (exact) mass is 320 g/mol. The standard InChI is InChI=1S/C18H16N4O2/c1-12-6-14(18-17(10-19)20-22-21-18)9-16(7-12)24-11-13-4-3-5-15(8-13)23-2/h3-9H,11H2,1-2H3,(H,20,21,22). The molecule has 0 amide bonds. The largest absolute Gasteiger partial charge is 0.497 e. The number of rotatable bonds is 5. The van der Waals surface area contributed by atoms with Gasteiger partial charge in [0.15, 0.2) is 5.69 Å². The number of nitrogens with one attached hydrogen (secondary N) is 1. The van der Waals surface area contributed by atoms with E-state index in [0.717, 1.165) is 22.4 Å². The van der Waals surface area contributed by atoms with Crippen molar-refractivity contribution < 1.29 is 9.47 Å². The first-order valence-electron chi connectivity index (χ1n) is 7.38. The Bertz CT molecular complexity index is 896. The van der Waals surface area contributed by atoms with Gasteiger partial charge in [0.05, 0.1) is 7.11 Å². The first kappa shape index (κ1) is 15.6. The maximum atomic E-state index is 9.10. The lowest BCUT2D eigenvalue weighted by molar-refractivity contribution is 0.305. The summed E-state index contributed by atoms with van der Waals surface area (Å²) in [6.45, 7) is 2.39. The highest BCUT2D eigenvalue weighted by Crippen LogP contribution is 2.26. The molecule has 1 heterocycles. The van der Waals surface area contributed by atoms with Crippen molar-refractivity contribution in [2.45, 2.75) is 13.5 Å². The van der Waals surface area contributed by atoms with E-state index in [2.05, 4.69) is 15.4 Å². The van der Waals surface area contributed by atoms with Gasteiger partial charge in [-0.1, -0.05) is 17.3 Å². The van der Waals surface area contributed by atoms with E-state index in [1.54, 1.807) is 7.11 Å². The number of ether oxygens (including phenoxy) is 2. The van der Waals surface area contributed by atoms with Crippen LogP contribution in [0, 0.1) is 18.3 Å². The Morgan fingerprint density at radius 2 is 2.04 bits per heavy atom. The zero-order valence-electron chi connectivity index (χ0n) is 13.4. The summed E-state index contributed by atoms with van der Waals surface area (Å²) in [6.07, 6.45) is 0. The van der Waals surface area contributed by atoms with Crippen LogP contribution in [0.4, 0.5) is 0 Å². The van der Waals surface area contributed by atoms with E-state index in [9.17, 15) is 0 Å². The number of nitriles is 1. The molecule has 24 heavy (non-hydrogen) atoms. The number of aromatic nitrogens is 3. The molecular weight excluding hydrogens is 304 g/mol. The van der Waals surface area contributed by atoms with Crippen LogP contribution in [0.5, 0.6) is 11.5 Å². The van der Waals surface area contributed by atoms with Gasteiger partial charge in [0, 0.05) is 5.56 Å². The summed E-state index contributed by atoms with van der Waals surface area (Å²) in [5.41, 5.74) is 3.67. The molecule has 6 nitrogen and oxygen atoms in total. The number of hydrogen-bond donors (Lipinski definition) is 1. The highest BCUT2D eigenvalue weighted by atomic mass is 16.5. The lowest BCUT2D eigenvalue weighted by atomic mass is 10.1. The Morgan fingerprint density at radius 3 is 2.83 bits per heavy atom. The summed E-state index contributed by atoms with van der Waals surface area (Å²) in [6, 6.07) is 15.5. The van der Waals surface area contributed by atoms with Crippen LogP contribution < -0.4 is 9.47 Å². The van der Waals surface area contributed by atoms with E-state index in [1.807, 2.05) is 55.5 Å². The van der Waals surface area contributed by atoms with Gasteiger partial charge >= 0.3 is 0 Å². The van der Waals surface area contributed by atoms with Gasteiger partial charge in [-0.3, -0.25) is 0 Å². The van der Waals surface area contributed by atoms with Crippen molar-refractivity contribution in [2.24, 2.45) is 0 Å². The molecule has 1 aromatic heterocycles. The minimum Gasteiger partial charge on any atom is -0.497 e. The number of methoxy groups -OCH3 is 1. The number of hydrogen-bond acceptors (Lipinski definition) is 5. The molecule has 0 aliphatic heterocycles. The van der Waals surface area contributed by atoms with E-state index in [-0.39, 0.29) is 0 Å². The van der Waals surface area contributed by atoms with Crippen molar-refractivity contribution in [2.75, 3.05) is 7.11 Å². The Labute approximate surface area is 139 Å². The van der Waals surface area contributed by atoms with Gasteiger partial charge < -0.3 is 9.47 Å². The number of H-pyrrole nitrogens is 1. The Hall–Kier alpha value is -3.33. The predicted octanol–water partition coefficient (Wildman–Crippen LogP) is 3.24. The van der Waals surface area contributed by atoms with Crippen LogP contribution in [-0.2, 0) is 6.61 Å². The van der Waals surface area contributed by atoms with E-state index < -0.39 is 0 Å². The van der Waals surface area contributed by atoms with Crippen molar-refractivity contribution in [3.63, 3.8) is 0 Å². The summed E-state index contributed by atoms with van der Waals surface area (Å²) >= 11 is 0. The van der Waals surface area contributed by atoms with E-state index in [0.29, 0.717) is 23.7 Å². The minimum absolute atomic E-state index is 0.333. The third-order valence-electron chi connectivity index (χ3n) is 3.52. The second-order valence-electron chi connectivity index (χ2n) is 5.32. The van der Waals surface area contributed by atoms with Crippen LogP contribution in [0.2, 0.25) is 0 Å². The zero-order valence-corrected chi connectivity index (χ0v) is 13.4. The summed E-state index contributed by atoms with van der Waals surface area (Å²) in [5.74, 6) is 1.50. The van der Waals surface area contributed by atoms with Gasteiger partial charge in [-0.25, -0.2) is 5.10 Å². The van der Waals surface area contributed by atoms with Crippen LogP contribution in [-0.4, -0.2) is 22.5 Å². The van der Waals surface area contributed by atoms with Gasteiger partial charge in [-0.05, 0) is 48.4 Å². The van der Waals surface area contributed by atoms with Crippen LogP contribution in [0.15, 0.2) is 42.5 Å². The van der Waals surface area contributed by atoms with Crippen LogP contribution in [0.25, 0.3) is 11.3 Å². The molecule has 2 aromatic carbocycles. The van der Waals surface area contributed by atoms with Gasteiger partial charge in [0.25, 0.3) is 0 Å². The molecule has 0 aliphatic carbocycles. The molecule has 0 spiro atoms. The highest BCUT2D eigenvalue weighted by molar-refractivity contribution is 5.66. The highest BCUT2D eigenvalue weighted by Gasteiger charge is 2.11. The minimum atomic E-state index is 0.333. The molecule has 1 N–H and O–H groups in total. The maximum absolute atomic E-state index is 9.10. The fourth-order valence-electron chi connectivity index (χ4n) is 2.40.